The van der Waals surface area contributed by atoms with Crippen molar-refractivity contribution in [2.75, 3.05) is 5.32 Å². The Morgan fingerprint density at radius 2 is 2.37 bits per heavy atom. The van der Waals surface area contributed by atoms with Crippen LogP contribution < -0.4 is 11.1 Å². The molecule has 3 N–H and O–H groups in total. The fourth-order valence-corrected chi connectivity index (χ4v) is 1.44. The first-order valence-corrected chi connectivity index (χ1v) is 5.71. The third-order valence-corrected chi connectivity index (χ3v) is 2.60. The largest absolute Gasteiger partial charge is 0.322 e. The van der Waals surface area contributed by atoms with Crippen LogP contribution in [0.25, 0.3) is 5.69 Å². The number of carbonyl (C=O) groups is 1. The summed E-state index contributed by atoms with van der Waals surface area (Å²) in [5, 5.41) is 13.1. The van der Waals surface area contributed by atoms with Crippen molar-refractivity contribution >= 4 is 11.6 Å². The molecule has 100 valence electrons. The zero-order valence-corrected chi connectivity index (χ0v) is 10.2. The van der Waals surface area contributed by atoms with E-state index < -0.39 is 17.8 Å². The van der Waals surface area contributed by atoms with Crippen molar-refractivity contribution in [1.82, 2.24) is 20.2 Å². The third kappa shape index (κ3) is 2.91. The summed E-state index contributed by atoms with van der Waals surface area (Å²) in [6, 6.07) is 3.49. The maximum absolute atomic E-state index is 13.6. The Hall–Kier alpha value is -2.35. The summed E-state index contributed by atoms with van der Waals surface area (Å²) in [4.78, 5) is 11.6. The highest BCUT2D eigenvalue weighted by molar-refractivity contribution is 5.94. The lowest BCUT2D eigenvalue weighted by molar-refractivity contribution is -0.117. The maximum atomic E-state index is 13.6. The summed E-state index contributed by atoms with van der Waals surface area (Å²) in [5.74, 6) is -0.983. The third-order valence-electron chi connectivity index (χ3n) is 2.60. The minimum Gasteiger partial charge on any atom is -0.322 e. The van der Waals surface area contributed by atoms with Crippen LogP contribution in [0.3, 0.4) is 0 Å². The summed E-state index contributed by atoms with van der Waals surface area (Å²) in [7, 11) is 0. The van der Waals surface area contributed by atoms with Crippen LogP contribution in [0.15, 0.2) is 24.5 Å². The van der Waals surface area contributed by atoms with Gasteiger partial charge in [0, 0.05) is 0 Å². The van der Waals surface area contributed by atoms with Gasteiger partial charge in [-0.3, -0.25) is 4.79 Å². The molecule has 0 radical (unpaired) electrons. The molecule has 0 aliphatic rings. The van der Waals surface area contributed by atoms with E-state index in [2.05, 4.69) is 20.8 Å². The molecule has 0 fully saturated rings. The summed E-state index contributed by atoms with van der Waals surface area (Å²) in [5.41, 5.74) is 6.15. The number of tetrazole rings is 1. The molecule has 8 heteroatoms. The maximum Gasteiger partial charge on any atom is 0.241 e. The fraction of sp³-hybridized carbons (Fsp3) is 0.273. The number of carbonyl (C=O) groups excluding carboxylic acids is 1. The number of hydrogen-bond donors (Lipinski definition) is 2. The minimum atomic E-state index is -0.670. The Balaban J connectivity index is 2.25. The van der Waals surface area contributed by atoms with E-state index in [0.717, 1.165) is 0 Å². The number of anilines is 1. The highest BCUT2D eigenvalue weighted by Crippen LogP contribution is 2.18. The van der Waals surface area contributed by atoms with Gasteiger partial charge in [-0.2, -0.15) is 0 Å². The molecule has 0 bridgehead atoms. The van der Waals surface area contributed by atoms with Gasteiger partial charge in [-0.05, 0) is 35.0 Å². The molecule has 7 nitrogen and oxygen atoms in total. The van der Waals surface area contributed by atoms with Crippen molar-refractivity contribution in [3.63, 3.8) is 0 Å². The molecule has 0 aliphatic carbocycles. The Morgan fingerprint density at radius 3 is 3.00 bits per heavy atom. The molecule has 0 unspecified atom stereocenters. The van der Waals surface area contributed by atoms with Crippen LogP contribution in [-0.4, -0.2) is 32.2 Å². The number of nitrogens with two attached hydrogens (primary N) is 1. The molecule has 1 atom stereocenters. The van der Waals surface area contributed by atoms with Gasteiger partial charge in [0.2, 0.25) is 5.91 Å². The smallest absolute Gasteiger partial charge is 0.241 e. The average molecular weight is 264 g/mol. The highest BCUT2D eigenvalue weighted by atomic mass is 19.1. The normalized spacial score (nSPS) is 12.2. The second kappa shape index (κ2) is 5.53. The number of hydrogen-bond acceptors (Lipinski definition) is 5. The van der Waals surface area contributed by atoms with Gasteiger partial charge in [0.15, 0.2) is 0 Å². The molecule has 1 aromatic heterocycles. The second-order valence-corrected chi connectivity index (χ2v) is 3.92. The molecule has 0 spiro atoms. The van der Waals surface area contributed by atoms with Crippen molar-refractivity contribution in [1.29, 1.82) is 0 Å². The number of rotatable bonds is 4. The predicted molar refractivity (Wildman–Crippen MR) is 66.0 cm³/mol. The SMILES string of the molecule is CC[C@@H](N)C(=O)Nc1cc(-n2cnnn2)ccc1F. The Kier molecular flexibility index (Phi) is 3.81. The zero-order chi connectivity index (χ0) is 13.8. The van der Waals surface area contributed by atoms with Crippen molar-refractivity contribution in [2.24, 2.45) is 5.73 Å². The van der Waals surface area contributed by atoms with Crippen LogP contribution in [0.5, 0.6) is 0 Å². The molecule has 19 heavy (non-hydrogen) atoms. The summed E-state index contributed by atoms with van der Waals surface area (Å²) < 4.78 is 15.0. The fourth-order valence-electron chi connectivity index (χ4n) is 1.44. The van der Waals surface area contributed by atoms with E-state index in [1.165, 1.54) is 29.2 Å². The van der Waals surface area contributed by atoms with Gasteiger partial charge < -0.3 is 11.1 Å². The number of benzene rings is 1. The molecule has 2 aromatic rings. The lowest BCUT2D eigenvalue weighted by atomic mass is 10.2. The molecular weight excluding hydrogens is 251 g/mol. The van der Waals surface area contributed by atoms with E-state index in [9.17, 15) is 9.18 Å². The summed E-state index contributed by atoms with van der Waals surface area (Å²) >= 11 is 0. The van der Waals surface area contributed by atoms with Gasteiger partial charge in [-0.1, -0.05) is 6.92 Å². The van der Waals surface area contributed by atoms with Crippen LogP contribution in [0.2, 0.25) is 0 Å². The average Bonchev–Trinajstić information content (AvgIpc) is 2.94. The lowest BCUT2D eigenvalue weighted by Gasteiger charge is -2.11. The van der Waals surface area contributed by atoms with Crippen molar-refractivity contribution in [3.8, 4) is 5.69 Å². The molecule has 1 aromatic carbocycles. The van der Waals surface area contributed by atoms with Gasteiger partial charge >= 0.3 is 0 Å². The summed E-state index contributed by atoms with van der Waals surface area (Å²) in [6.45, 7) is 1.78. The Labute approximate surface area is 108 Å². The van der Waals surface area contributed by atoms with E-state index in [-0.39, 0.29) is 5.69 Å². The van der Waals surface area contributed by atoms with Crippen molar-refractivity contribution in [2.45, 2.75) is 19.4 Å². The van der Waals surface area contributed by atoms with Gasteiger partial charge in [0.25, 0.3) is 0 Å². The van der Waals surface area contributed by atoms with Crippen LogP contribution in [0.1, 0.15) is 13.3 Å². The van der Waals surface area contributed by atoms with Gasteiger partial charge in [0.05, 0.1) is 17.4 Å². The minimum absolute atomic E-state index is 0.0434. The molecule has 1 heterocycles. The van der Waals surface area contributed by atoms with Crippen LogP contribution in [0.4, 0.5) is 10.1 Å². The first kappa shape index (κ1) is 13.1. The number of halogens is 1. The lowest BCUT2D eigenvalue weighted by Crippen LogP contribution is -2.35. The van der Waals surface area contributed by atoms with Crippen molar-refractivity contribution in [3.05, 3.63) is 30.3 Å². The first-order chi connectivity index (χ1) is 9.11. The number of nitrogens with one attached hydrogen (secondary N) is 1. The summed E-state index contributed by atoms with van der Waals surface area (Å²) in [6.07, 6.45) is 1.84. The highest BCUT2D eigenvalue weighted by Gasteiger charge is 2.14. The van der Waals surface area contributed by atoms with Crippen LogP contribution in [-0.2, 0) is 4.79 Å². The first-order valence-electron chi connectivity index (χ1n) is 5.71. The molecule has 0 saturated heterocycles. The quantitative estimate of drug-likeness (QED) is 0.836. The van der Waals surface area contributed by atoms with E-state index in [1.54, 1.807) is 6.92 Å². The van der Waals surface area contributed by atoms with Gasteiger partial charge in [-0.25, -0.2) is 9.07 Å². The van der Waals surface area contributed by atoms with Crippen LogP contribution >= 0.6 is 0 Å². The van der Waals surface area contributed by atoms with E-state index in [4.69, 9.17) is 5.73 Å². The number of nitrogens with zero attached hydrogens (tertiary/aromatic N) is 4. The Bertz CT molecular complexity index is 571. The topological polar surface area (TPSA) is 98.7 Å². The van der Waals surface area contributed by atoms with E-state index in [1.807, 2.05) is 0 Å². The second-order valence-electron chi connectivity index (χ2n) is 3.92. The molecule has 0 aliphatic heterocycles. The van der Waals surface area contributed by atoms with Crippen molar-refractivity contribution < 1.29 is 9.18 Å². The molecule has 0 saturated carbocycles. The van der Waals surface area contributed by atoms with E-state index >= 15 is 0 Å². The number of aromatic nitrogens is 4. The standard InChI is InChI=1S/C11H13FN6O/c1-2-9(13)11(19)15-10-5-7(3-4-8(10)12)18-6-14-16-17-18/h3-6,9H,2,13H2,1H3,(H,15,19)/t9-/m1/s1. The Morgan fingerprint density at radius 1 is 1.58 bits per heavy atom. The number of amides is 1. The molecule has 2 rings (SSSR count). The van der Waals surface area contributed by atoms with Gasteiger partial charge in [-0.15, -0.1) is 5.10 Å². The molecular formula is C11H13FN6O. The zero-order valence-electron chi connectivity index (χ0n) is 10.2. The molecule has 1 amide bonds. The van der Waals surface area contributed by atoms with Crippen LogP contribution in [0, 0.1) is 5.82 Å². The van der Waals surface area contributed by atoms with Gasteiger partial charge in [0.1, 0.15) is 12.1 Å². The van der Waals surface area contributed by atoms with E-state index in [0.29, 0.717) is 12.1 Å². The predicted octanol–water partition coefficient (Wildman–Crippen LogP) is 0.477. The monoisotopic (exact) mass is 264 g/mol.